The highest BCUT2D eigenvalue weighted by atomic mass is 32.1. The summed E-state index contributed by atoms with van der Waals surface area (Å²) in [5.41, 5.74) is 2.70. The van der Waals surface area contributed by atoms with Crippen LogP contribution in [-0.2, 0) is 41.6 Å². The number of aromatic amines is 2. The molecule has 17 nitrogen and oxygen atoms in total. The summed E-state index contributed by atoms with van der Waals surface area (Å²) in [4.78, 5) is 106. The Balaban J connectivity index is 1.34. The number of Topliss-reactive ketones (excluding diaryl/α,β-unsaturated/α-hetero) is 1. The lowest BCUT2D eigenvalue weighted by molar-refractivity contribution is -0.134. The highest BCUT2D eigenvalue weighted by Crippen LogP contribution is 2.31. The van der Waals surface area contributed by atoms with E-state index >= 15 is 0 Å². The molecule has 308 valence electrons. The first kappa shape index (κ1) is 41.8. The molecular formula is C41H45N9O8S. The number of likely N-dealkylation sites (N-methyl/N-ethyl adjacent to an activating group) is 1. The minimum atomic E-state index is -1.16. The van der Waals surface area contributed by atoms with Gasteiger partial charge in [0.2, 0.25) is 23.6 Å². The third-order valence-corrected chi connectivity index (χ3v) is 11.0. The predicted octanol–water partition coefficient (Wildman–Crippen LogP) is 2.17. The Morgan fingerprint density at radius 2 is 1.56 bits per heavy atom. The van der Waals surface area contributed by atoms with Crippen molar-refractivity contribution in [3.05, 3.63) is 94.3 Å². The molecule has 5 aromatic rings. The van der Waals surface area contributed by atoms with Gasteiger partial charge in [-0.25, -0.2) is 4.98 Å². The first-order valence-electron chi connectivity index (χ1n) is 18.8. The van der Waals surface area contributed by atoms with E-state index in [4.69, 9.17) is 4.74 Å². The molecule has 2 aromatic carbocycles. The van der Waals surface area contributed by atoms with Crippen molar-refractivity contribution < 1.29 is 38.3 Å². The Kier molecular flexibility index (Phi) is 12.9. The normalized spacial score (nSPS) is 21.1. The van der Waals surface area contributed by atoms with Crippen LogP contribution in [0.25, 0.3) is 21.8 Å². The number of para-hydroxylation sites is 1. The number of rotatable bonds is 5. The number of nitrogens with zero attached hydrogens (tertiary/aromatic N) is 2. The topological polar surface area (TPSA) is 237 Å². The zero-order valence-corrected chi connectivity index (χ0v) is 33.7. The summed E-state index contributed by atoms with van der Waals surface area (Å²) in [6, 6.07) is 10.0. The van der Waals surface area contributed by atoms with Crippen molar-refractivity contribution in [2.24, 2.45) is 5.92 Å². The third-order valence-electron chi connectivity index (χ3n) is 10.0. The predicted molar refractivity (Wildman–Crippen MR) is 219 cm³/mol. The maximum atomic E-state index is 14.5. The summed E-state index contributed by atoms with van der Waals surface area (Å²) >= 11 is 1.12. The maximum absolute atomic E-state index is 14.5. The first-order chi connectivity index (χ1) is 28.2. The van der Waals surface area contributed by atoms with Crippen LogP contribution in [0.15, 0.2) is 72.5 Å². The molecule has 59 heavy (non-hydrogen) atoms. The average molecular weight is 824 g/mol. The number of carbonyl (C=O) groups excluding carboxylic acids is 7. The number of hydrogen-bond acceptors (Lipinski definition) is 10. The summed E-state index contributed by atoms with van der Waals surface area (Å²) in [6.45, 7) is 5.72. The van der Waals surface area contributed by atoms with E-state index in [-0.39, 0.29) is 30.7 Å². The number of ketones is 1. The Morgan fingerprint density at radius 3 is 2.34 bits per heavy atom. The summed E-state index contributed by atoms with van der Waals surface area (Å²) in [7, 11) is 2.88. The van der Waals surface area contributed by atoms with Crippen LogP contribution in [0.1, 0.15) is 52.9 Å². The summed E-state index contributed by atoms with van der Waals surface area (Å²) in [6.07, 6.45) is 3.29. The fourth-order valence-corrected chi connectivity index (χ4v) is 7.70. The molecule has 6 amide bonds. The lowest BCUT2D eigenvalue weighted by Crippen LogP contribution is -2.50. The molecule has 0 fully saturated rings. The molecule has 3 aromatic heterocycles. The van der Waals surface area contributed by atoms with Crippen molar-refractivity contribution in [2.75, 3.05) is 27.2 Å². The van der Waals surface area contributed by atoms with E-state index < -0.39 is 78.4 Å². The molecule has 6 rings (SSSR count). The van der Waals surface area contributed by atoms with Gasteiger partial charge in [0, 0.05) is 65.4 Å². The van der Waals surface area contributed by atoms with E-state index in [2.05, 4.69) is 48.1 Å². The number of ether oxygens (including phenoxy) is 1. The van der Waals surface area contributed by atoms with Crippen molar-refractivity contribution in [2.45, 2.75) is 51.2 Å². The minimum Gasteiger partial charge on any atom is -0.496 e. The van der Waals surface area contributed by atoms with Gasteiger partial charge in [-0.15, -0.1) is 11.3 Å². The highest BCUT2D eigenvalue weighted by Gasteiger charge is 2.31. The molecule has 7 N–H and O–H groups in total. The number of aromatic nitrogens is 3. The number of H-pyrrole nitrogens is 2. The van der Waals surface area contributed by atoms with Crippen LogP contribution in [0.3, 0.4) is 0 Å². The molecule has 1 aliphatic rings. The van der Waals surface area contributed by atoms with E-state index in [1.165, 1.54) is 26.5 Å². The zero-order chi connectivity index (χ0) is 42.4. The lowest BCUT2D eigenvalue weighted by atomic mass is 9.89. The number of benzene rings is 2. The number of hydrogen-bond donors (Lipinski definition) is 7. The second-order valence-corrected chi connectivity index (χ2v) is 15.2. The molecule has 18 heteroatoms. The fraction of sp³-hybridized carbons (Fsp3) is 0.317. The Morgan fingerprint density at radius 1 is 0.847 bits per heavy atom. The molecule has 0 radical (unpaired) electrons. The van der Waals surface area contributed by atoms with E-state index in [9.17, 15) is 33.6 Å². The van der Waals surface area contributed by atoms with Gasteiger partial charge in [-0.1, -0.05) is 30.8 Å². The van der Waals surface area contributed by atoms with Gasteiger partial charge in [-0.3, -0.25) is 33.6 Å². The highest BCUT2D eigenvalue weighted by molar-refractivity contribution is 7.09. The van der Waals surface area contributed by atoms with Crippen molar-refractivity contribution >= 4 is 74.4 Å². The van der Waals surface area contributed by atoms with Crippen molar-refractivity contribution in [1.29, 1.82) is 0 Å². The van der Waals surface area contributed by atoms with E-state index in [0.717, 1.165) is 43.6 Å². The van der Waals surface area contributed by atoms with Gasteiger partial charge in [-0.05, 0) is 49.6 Å². The molecule has 4 heterocycles. The number of nitrogens with one attached hydrogen (secondary N) is 7. The lowest BCUT2D eigenvalue weighted by Gasteiger charge is -2.22. The number of amides is 6. The van der Waals surface area contributed by atoms with Gasteiger partial charge < -0.3 is 46.2 Å². The maximum Gasteiger partial charge on any atom is 0.271 e. The molecule has 4 atom stereocenters. The van der Waals surface area contributed by atoms with Crippen LogP contribution in [0.4, 0.5) is 0 Å². The number of thiazole rings is 1. The fourth-order valence-electron chi connectivity index (χ4n) is 6.89. The summed E-state index contributed by atoms with van der Waals surface area (Å²) in [5, 5.41) is 16.5. The Hall–Kier alpha value is -6.82. The van der Waals surface area contributed by atoms with Gasteiger partial charge in [0.15, 0.2) is 5.78 Å². The molecule has 1 aliphatic heterocycles. The smallest absolute Gasteiger partial charge is 0.271 e. The largest absolute Gasteiger partial charge is 0.496 e. The number of methoxy groups -OCH3 is 1. The van der Waals surface area contributed by atoms with E-state index in [1.54, 1.807) is 25.4 Å². The monoisotopic (exact) mass is 823 g/mol. The minimum absolute atomic E-state index is 0.0111. The Bertz CT molecular complexity index is 2450. The van der Waals surface area contributed by atoms with Crippen LogP contribution < -0.4 is 31.3 Å². The number of carbonyl (C=O) groups is 7. The Labute approximate surface area is 342 Å². The summed E-state index contributed by atoms with van der Waals surface area (Å²) in [5.74, 6) is -4.96. The van der Waals surface area contributed by atoms with Crippen molar-refractivity contribution in [1.82, 2.24) is 46.4 Å². The second-order valence-electron chi connectivity index (χ2n) is 14.4. The average Bonchev–Trinajstić information content (AvgIpc) is 3.98. The standard InChI is InChI=1S/C41H45N9O8S/c1-21-37(54)47-23(3)41(57)50(4)19-35(53)46-22(2)40-49-31(20-59-40)39(56)48-30(14-25-16-42-28-10-7-6-9-27(25)28)32(51)15-24(38(55)44-18-34(52)45-21)13-26-17-43-29-11-8-12-33(58-5)36(26)29/h6-12,16-17,20-22,24,30,42-43H,3,13-15,18-19H2,1-2,4-5H3,(H,44,55)(H,45,52)(H,46,53)(H,47,54)(H,48,56)/t21-,22-,24-,30+/m1/s1. The van der Waals surface area contributed by atoms with E-state index in [1.807, 2.05) is 36.4 Å². The van der Waals surface area contributed by atoms with Gasteiger partial charge in [-0.2, -0.15) is 0 Å². The van der Waals surface area contributed by atoms with Gasteiger partial charge in [0.1, 0.15) is 22.5 Å². The van der Waals surface area contributed by atoms with Crippen molar-refractivity contribution in [3.63, 3.8) is 0 Å². The molecule has 2 bridgehead atoms. The van der Waals surface area contributed by atoms with Crippen LogP contribution in [0.2, 0.25) is 0 Å². The molecule has 0 saturated heterocycles. The first-order valence-corrected chi connectivity index (χ1v) is 19.7. The molecule has 0 spiro atoms. The molecule has 0 unspecified atom stereocenters. The zero-order valence-electron chi connectivity index (χ0n) is 32.9. The van der Waals surface area contributed by atoms with Crippen molar-refractivity contribution in [3.8, 4) is 5.75 Å². The van der Waals surface area contributed by atoms with Gasteiger partial charge in [0.25, 0.3) is 11.8 Å². The van der Waals surface area contributed by atoms with Crippen LogP contribution >= 0.6 is 11.3 Å². The quantitative estimate of drug-likeness (QED) is 0.129. The molecular weight excluding hydrogens is 779 g/mol. The van der Waals surface area contributed by atoms with Gasteiger partial charge >= 0.3 is 0 Å². The molecule has 0 aliphatic carbocycles. The van der Waals surface area contributed by atoms with Crippen LogP contribution in [-0.4, -0.2) is 100 Å². The number of fused-ring (bicyclic) bond motifs is 4. The summed E-state index contributed by atoms with van der Waals surface area (Å²) < 4.78 is 5.61. The van der Waals surface area contributed by atoms with Crippen LogP contribution in [0, 0.1) is 5.92 Å². The third kappa shape index (κ3) is 9.84. The van der Waals surface area contributed by atoms with Gasteiger partial charge in [0.05, 0.1) is 38.0 Å². The van der Waals surface area contributed by atoms with Crippen LogP contribution in [0.5, 0.6) is 5.75 Å². The SMILES string of the molecule is C=C1NC(=O)[C@@H](C)NC(=O)CNC(=O)[C@H](Cc2c[nH]c3cccc(OC)c23)CC(=O)[C@H](Cc2c[nH]c3ccccc23)NC(=O)c2csc(n2)[C@@H](C)NC(=O)CN(C)C1=O. The second kappa shape index (κ2) is 18.2. The molecule has 0 saturated carbocycles. The van der Waals surface area contributed by atoms with E-state index in [0.29, 0.717) is 16.3 Å².